The fourth-order valence-corrected chi connectivity index (χ4v) is 3.26. The molecule has 2 aliphatic heterocycles. The van der Waals surface area contributed by atoms with Gasteiger partial charge >= 0.3 is 0 Å². The lowest BCUT2D eigenvalue weighted by atomic mass is 10.0. The van der Waals surface area contributed by atoms with Crippen LogP contribution in [0.25, 0.3) is 0 Å². The smallest absolute Gasteiger partial charge is 0.264 e. The fraction of sp³-hybridized carbons (Fsp3) is 0.222. The standard InChI is InChI=1S/C18H15N3O5/c22-14-7-6-13(16(23)20-14)21-17(24)11-4-1-5-12(15(11)18(21)25)19-9-10-3-2-8-26-10/h1-5,8,13,19H,6-7,9H2,(H,20,22,23)/t13-/m1/s1. The molecule has 1 saturated heterocycles. The Balaban J connectivity index is 1.63. The van der Waals surface area contributed by atoms with Crippen LogP contribution < -0.4 is 10.6 Å². The normalized spacial score (nSPS) is 19.5. The topological polar surface area (TPSA) is 109 Å². The number of nitrogens with zero attached hydrogens (tertiary/aromatic N) is 1. The van der Waals surface area contributed by atoms with E-state index in [0.29, 0.717) is 18.0 Å². The van der Waals surface area contributed by atoms with Crippen LogP contribution in [0.15, 0.2) is 41.0 Å². The molecule has 3 heterocycles. The van der Waals surface area contributed by atoms with Crippen molar-refractivity contribution in [3.63, 3.8) is 0 Å². The van der Waals surface area contributed by atoms with Crippen LogP contribution in [0.4, 0.5) is 5.69 Å². The maximum absolute atomic E-state index is 12.9. The average molecular weight is 353 g/mol. The SMILES string of the molecule is O=C1CC[C@@H](N2C(=O)c3cccc(NCc4ccco4)c3C2=O)C(=O)N1. The predicted octanol–water partition coefficient (Wildman–Crippen LogP) is 1.29. The van der Waals surface area contributed by atoms with E-state index < -0.39 is 29.7 Å². The molecule has 0 aliphatic carbocycles. The Morgan fingerprint density at radius 1 is 1.12 bits per heavy atom. The number of anilines is 1. The van der Waals surface area contributed by atoms with Gasteiger partial charge in [-0.15, -0.1) is 0 Å². The molecule has 4 rings (SSSR count). The van der Waals surface area contributed by atoms with Gasteiger partial charge in [0.2, 0.25) is 11.8 Å². The van der Waals surface area contributed by atoms with E-state index in [4.69, 9.17) is 4.42 Å². The highest BCUT2D eigenvalue weighted by Gasteiger charge is 2.45. The molecular weight excluding hydrogens is 338 g/mol. The summed E-state index contributed by atoms with van der Waals surface area (Å²) in [6.45, 7) is 0.351. The summed E-state index contributed by atoms with van der Waals surface area (Å²) in [5.74, 6) is -1.41. The summed E-state index contributed by atoms with van der Waals surface area (Å²) >= 11 is 0. The van der Waals surface area contributed by atoms with Gasteiger partial charge in [0, 0.05) is 12.1 Å². The Bertz CT molecular complexity index is 919. The van der Waals surface area contributed by atoms with E-state index in [9.17, 15) is 19.2 Å². The molecule has 132 valence electrons. The van der Waals surface area contributed by atoms with E-state index in [2.05, 4.69) is 10.6 Å². The van der Waals surface area contributed by atoms with Crippen molar-refractivity contribution in [2.75, 3.05) is 5.32 Å². The summed E-state index contributed by atoms with van der Waals surface area (Å²) in [7, 11) is 0. The molecule has 0 unspecified atom stereocenters. The highest BCUT2D eigenvalue weighted by molar-refractivity contribution is 6.25. The molecule has 2 N–H and O–H groups in total. The molecule has 2 aliphatic rings. The molecule has 8 nitrogen and oxygen atoms in total. The first kappa shape index (κ1) is 16.1. The third-order valence-electron chi connectivity index (χ3n) is 4.50. The van der Waals surface area contributed by atoms with Crippen molar-refractivity contribution in [1.29, 1.82) is 0 Å². The number of rotatable bonds is 4. The van der Waals surface area contributed by atoms with Gasteiger partial charge in [-0.3, -0.25) is 29.4 Å². The third-order valence-corrected chi connectivity index (χ3v) is 4.50. The molecule has 1 aromatic carbocycles. The van der Waals surface area contributed by atoms with Gasteiger partial charge in [0.05, 0.1) is 23.9 Å². The molecule has 0 spiro atoms. The van der Waals surface area contributed by atoms with E-state index in [1.807, 2.05) is 0 Å². The van der Waals surface area contributed by atoms with Crippen LogP contribution in [-0.2, 0) is 16.1 Å². The Morgan fingerprint density at radius 3 is 2.69 bits per heavy atom. The number of fused-ring (bicyclic) bond motifs is 1. The number of carbonyl (C=O) groups excluding carboxylic acids is 4. The first-order chi connectivity index (χ1) is 12.6. The highest BCUT2D eigenvalue weighted by atomic mass is 16.3. The number of carbonyl (C=O) groups is 4. The quantitative estimate of drug-likeness (QED) is 0.802. The van der Waals surface area contributed by atoms with Gasteiger partial charge < -0.3 is 9.73 Å². The summed E-state index contributed by atoms with van der Waals surface area (Å²) in [5.41, 5.74) is 0.963. The van der Waals surface area contributed by atoms with Crippen LogP contribution in [0.3, 0.4) is 0 Å². The zero-order chi connectivity index (χ0) is 18.3. The average Bonchev–Trinajstić information content (AvgIpc) is 3.22. The largest absolute Gasteiger partial charge is 0.467 e. The third kappa shape index (κ3) is 2.55. The van der Waals surface area contributed by atoms with Crippen molar-refractivity contribution < 1.29 is 23.6 Å². The van der Waals surface area contributed by atoms with Crippen LogP contribution in [0.1, 0.15) is 39.3 Å². The van der Waals surface area contributed by atoms with Crippen LogP contribution in [-0.4, -0.2) is 34.6 Å². The number of nitrogens with one attached hydrogen (secondary N) is 2. The molecule has 8 heteroatoms. The zero-order valence-electron chi connectivity index (χ0n) is 13.7. The second-order valence-corrected chi connectivity index (χ2v) is 6.11. The number of piperidine rings is 1. The molecule has 2 aromatic rings. The predicted molar refractivity (Wildman–Crippen MR) is 89.1 cm³/mol. The van der Waals surface area contributed by atoms with Gasteiger partial charge in [-0.1, -0.05) is 6.07 Å². The van der Waals surface area contributed by atoms with Crippen LogP contribution in [0, 0.1) is 0 Å². The highest BCUT2D eigenvalue weighted by Crippen LogP contribution is 2.32. The molecule has 4 amide bonds. The maximum atomic E-state index is 12.9. The van der Waals surface area contributed by atoms with Crippen LogP contribution in [0.2, 0.25) is 0 Å². The number of imide groups is 2. The maximum Gasteiger partial charge on any atom is 0.264 e. The van der Waals surface area contributed by atoms with E-state index in [0.717, 1.165) is 4.90 Å². The first-order valence-electron chi connectivity index (χ1n) is 8.17. The lowest BCUT2D eigenvalue weighted by Crippen LogP contribution is -2.54. The van der Waals surface area contributed by atoms with Crippen molar-refractivity contribution in [2.45, 2.75) is 25.4 Å². The van der Waals surface area contributed by atoms with E-state index in [1.54, 1.807) is 36.6 Å². The minimum atomic E-state index is -0.974. The summed E-state index contributed by atoms with van der Waals surface area (Å²) in [5, 5.41) is 5.27. The second kappa shape index (κ2) is 6.14. The lowest BCUT2D eigenvalue weighted by molar-refractivity contribution is -0.136. The zero-order valence-corrected chi connectivity index (χ0v) is 13.7. The number of amides is 4. The van der Waals surface area contributed by atoms with Gasteiger partial charge in [-0.25, -0.2) is 0 Å². The number of hydrogen-bond acceptors (Lipinski definition) is 6. The summed E-state index contributed by atoms with van der Waals surface area (Å²) in [6, 6.07) is 7.49. The number of benzene rings is 1. The van der Waals surface area contributed by atoms with Crippen molar-refractivity contribution >= 4 is 29.3 Å². The van der Waals surface area contributed by atoms with E-state index in [-0.39, 0.29) is 24.0 Å². The molecule has 0 saturated carbocycles. The summed E-state index contributed by atoms with van der Waals surface area (Å²) in [6.07, 6.45) is 1.77. The van der Waals surface area contributed by atoms with Gasteiger partial charge in [-0.05, 0) is 30.7 Å². The number of hydrogen-bond donors (Lipinski definition) is 2. The minimum absolute atomic E-state index is 0.0907. The molecule has 0 bridgehead atoms. The molecular formula is C18H15N3O5. The van der Waals surface area contributed by atoms with Gasteiger partial charge in [-0.2, -0.15) is 0 Å². The van der Waals surface area contributed by atoms with Crippen LogP contribution >= 0.6 is 0 Å². The van der Waals surface area contributed by atoms with Gasteiger partial charge in [0.15, 0.2) is 0 Å². The van der Waals surface area contributed by atoms with Crippen LogP contribution in [0.5, 0.6) is 0 Å². The Labute approximate surface area is 148 Å². The van der Waals surface area contributed by atoms with E-state index >= 15 is 0 Å². The first-order valence-corrected chi connectivity index (χ1v) is 8.17. The molecule has 0 radical (unpaired) electrons. The number of furan rings is 1. The van der Waals surface area contributed by atoms with E-state index in [1.165, 1.54) is 0 Å². The summed E-state index contributed by atoms with van der Waals surface area (Å²) in [4.78, 5) is 50.0. The lowest BCUT2D eigenvalue weighted by Gasteiger charge is -2.27. The molecule has 1 aromatic heterocycles. The Kier molecular flexibility index (Phi) is 3.80. The van der Waals surface area contributed by atoms with Crippen molar-refractivity contribution in [3.8, 4) is 0 Å². The Hall–Kier alpha value is -3.42. The molecule has 1 atom stereocenters. The molecule has 1 fully saturated rings. The van der Waals surface area contributed by atoms with Gasteiger partial charge in [0.1, 0.15) is 11.8 Å². The fourth-order valence-electron chi connectivity index (χ4n) is 3.26. The summed E-state index contributed by atoms with van der Waals surface area (Å²) < 4.78 is 5.25. The Morgan fingerprint density at radius 2 is 1.96 bits per heavy atom. The van der Waals surface area contributed by atoms with Crippen molar-refractivity contribution in [2.24, 2.45) is 0 Å². The minimum Gasteiger partial charge on any atom is -0.467 e. The van der Waals surface area contributed by atoms with Crippen molar-refractivity contribution in [1.82, 2.24) is 10.2 Å². The monoisotopic (exact) mass is 353 g/mol. The second-order valence-electron chi connectivity index (χ2n) is 6.11. The van der Waals surface area contributed by atoms with Crippen molar-refractivity contribution in [3.05, 3.63) is 53.5 Å². The molecule has 26 heavy (non-hydrogen) atoms. The van der Waals surface area contributed by atoms with Gasteiger partial charge in [0.25, 0.3) is 11.8 Å².